The Morgan fingerprint density at radius 1 is 0.970 bits per heavy atom. The predicted molar refractivity (Wildman–Crippen MR) is 126 cm³/mol. The van der Waals surface area contributed by atoms with E-state index in [0.29, 0.717) is 12.8 Å². The van der Waals surface area contributed by atoms with Crippen molar-refractivity contribution >= 4 is 18.0 Å². The Labute approximate surface area is 194 Å². The minimum absolute atomic E-state index is 0.0844. The third-order valence-electron chi connectivity index (χ3n) is 5.93. The number of hydrogen-bond donors (Lipinski definition) is 3. The fraction of sp³-hybridized carbons (Fsp3) is 0.423. The summed E-state index contributed by atoms with van der Waals surface area (Å²) in [6.45, 7) is 7.23. The first-order chi connectivity index (χ1) is 15.6. The molecule has 0 spiro atoms. The Balaban J connectivity index is 1.66. The van der Waals surface area contributed by atoms with Crippen LogP contribution >= 0.6 is 0 Å². The molecule has 7 nitrogen and oxygen atoms in total. The first-order valence-corrected chi connectivity index (χ1v) is 11.3. The van der Waals surface area contributed by atoms with Gasteiger partial charge >= 0.3 is 12.1 Å². The summed E-state index contributed by atoms with van der Waals surface area (Å²) >= 11 is 0. The van der Waals surface area contributed by atoms with Crippen LogP contribution < -0.4 is 10.6 Å². The summed E-state index contributed by atoms with van der Waals surface area (Å²) < 4.78 is 5.54. The molecule has 3 N–H and O–H groups in total. The van der Waals surface area contributed by atoms with E-state index in [4.69, 9.17) is 4.74 Å². The lowest BCUT2D eigenvalue weighted by Gasteiger charge is -2.29. The molecule has 1 aliphatic carbocycles. The van der Waals surface area contributed by atoms with Crippen molar-refractivity contribution < 1.29 is 24.2 Å². The normalized spacial score (nSPS) is 14.5. The number of amides is 2. The summed E-state index contributed by atoms with van der Waals surface area (Å²) in [5.41, 5.74) is 3.79. The smallest absolute Gasteiger partial charge is 0.407 e. The summed E-state index contributed by atoms with van der Waals surface area (Å²) in [4.78, 5) is 37.0. The number of carboxylic acids is 1. The number of fused-ring (bicyclic) bond motifs is 3. The van der Waals surface area contributed by atoms with Crippen LogP contribution in [0.15, 0.2) is 48.5 Å². The second-order valence-electron chi connectivity index (χ2n) is 9.46. The number of benzene rings is 2. The van der Waals surface area contributed by atoms with Crippen molar-refractivity contribution in [2.24, 2.45) is 5.41 Å². The average molecular weight is 453 g/mol. The minimum Gasteiger partial charge on any atom is -0.480 e. The maximum atomic E-state index is 12.8. The molecule has 1 unspecified atom stereocenters. The lowest BCUT2D eigenvalue weighted by Crippen LogP contribution is -2.55. The Morgan fingerprint density at radius 3 is 2.00 bits per heavy atom. The van der Waals surface area contributed by atoms with Crippen LogP contribution in [-0.2, 0) is 14.3 Å². The van der Waals surface area contributed by atoms with Crippen molar-refractivity contribution in [2.45, 2.75) is 58.5 Å². The molecule has 33 heavy (non-hydrogen) atoms. The molecule has 0 saturated heterocycles. The molecule has 2 aromatic rings. The van der Waals surface area contributed by atoms with Crippen LogP contribution in [0.4, 0.5) is 4.79 Å². The van der Waals surface area contributed by atoms with Gasteiger partial charge in [0, 0.05) is 5.92 Å². The van der Waals surface area contributed by atoms with Gasteiger partial charge in [-0.1, -0.05) is 82.6 Å². The maximum Gasteiger partial charge on any atom is 0.407 e. The summed E-state index contributed by atoms with van der Waals surface area (Å²) in [6.07, 6.45) is 0.301. The van der Waals surface area contributed by atoms with Gasteiger partial charge in [0.15, 0.2) is 0 Å². The number of alkyl carbamates (subject to hydrolysis) is 1. The van der Waals surface area contributed by atoms with Crippen LogP contribution in [0.1, 0.15) is 57.6 Å². The minimum atomic E-state index is -1.12. The highest BCUT2D eigenvalue weighted by atomic mass is 16.5. The van der Waals surface area contributed by atoms with Gasteiger partial charge in [-0.25, -0.2) is 9.59 Å². The molecular formula is C26H32N2O5. The van der Waals surface area contributed by atoms with Crippen LogP contribution in [0, 0.1) is 5.41 Å². The van der Waals surface area contributed by atoms with Gasteiger partial charge in [-0.3, -0.25) is 4.79 Å². The van der Waals surface area contributed by atoms with Gasteiger partial charge in [0.1, 0.15) is 18.7 Å². The summed E-state index contributed by atoms with van der Waals surface area (Å²) in [6, 6.07) is 14.1. The lowest BCUT2D eigenvalue weighted by atomic mass is 9.86. The zero-order valence-electron chi connectivity index (χ0n) is 19.6. The van der Waals surface area contributed by atoms with Gasteiger partial charge in [0.05, 0.1) is 0 Å². The predicted octanol–water partition coefficient (Wildman–Crippen LogP) is 4.31. The molecular weight excluding hydrogens is 420 g/mol. The molecule has 2 amide bonds. The summed E-state index contributed by atoms with van der Waals surface area (Å²) in [7, 11) is 0. The monoisotopic (exact) mass is 452 g/mol. The SMILES string of the molecule is CCCC(NC(=O)OCC1c2ccccc2-c2ccccc21)C(=O)N[C@H](C(=O)O)C(C)(C)C. The number of nitrogens with one attached hydrogen (secondary N) is 2. The number of aliphatic carboxylic acids is 1. The van der Waals surface area contributed by atoms with E-state index in [9.17, 15) is 19.5 Å². The van der Waals surface area contributed by atoms with Crippen LogP contribution in [0.5, 0.6) is 0 Å². The molecule has 1 aliphatic rings. The quantitative estimate of drug-likeness (QED) is 0.554. The zero-order valence-corrected chi connectivity index (χ0v) is 19.6. The van der Waals surface area contributed by atoms with E-state index >= 15 is 0 Å². The molecule has 0 saturated carbocycles. The molecule has 2 atom stereocenters. The van der Waals surface area contributed by atoms with Gasteiger partial charge in [-0.05, 0) is 34.1 Å². The van der Waals surface area contributed by atoms with Gasteiger partial charge in [0.25, 0.3) is 0 Å². The van der Waals surface area contributed by atoms with E-state index in [-0.39, 0.29) is 12.5 Å². The highest BCUT2D eigenvalue weighted by molar-refractivity contribution is 5.89. The molecule has 2 aromatic carbocycles. The molecule has 0 fully saturated rings. The highest BCUT2D eigenvalue weighted by Gasteiger charge is 2.35. The first-order valence-electron chi connectivity index (χ1n) is 11.3. The van der Waals surface area contributed by atoms with E-state index in [1.807, 2.05) is 43.3 Å². The average Bonchev–Trinajstić information content (AvgIpc) is 3.08. The fourth-order valence-corrected chi connectivity index (χ4v) is 4.23. The van der Waals surface area contributed by atoms with E-state index in [2.05, 4.69) is 22.8 Å². The molecule has 0 bridgehead atoms. The van der Waals surface area contributed by atoms with Crippen molar-refractivity contribution in [3.05, 3.63) is 59.7 Å². The lowest BCUT2D eigenvalue weighted by molar-refractivity contribution is -0.145. The van der Waals surface area contributed by atoms with Gasteiger partial charge < -0.3 is 20.5 Å². The van der Waals surface area contributed by atoms with Gasteiger partial charge in [-0.15, -0.1) is 0 Å². The van der Waals surface area contributed by atoms with Crippen LogP contribution in [0.2, 0.25) is 0 Å². The highest BCUT2D eigenvalue weighted by Crippen LogP contribution is 2.44. The Hall–Kier alpha value is -3.35. The van der Waals surface area contributed by atoms with E-state index in [1.165, 1.54) is 0 Å². The number of ether oxygens (including phenoxy) is 1. The Morgan fingerprint density at radius 2 is 1.52 bits per heavy atom. The molecule has 3 rings (SSSR count). The second kappa shape index (κ2) is 10.1. The van der Waals surface area contributed by atoms with Crippen molar-refractivity contribution in [3.8, 4) is 11.1 Å². The van der Waals surface area contributed by atoms with Gasteiger partial charge in [0.2, 0.25) is 5.91 Å². The topological polar surface area (TPSA) is 105 Å². The zero-order chi connectivity index (χ0) is 24.2. The Bertz CT molecular complexity index is 982. The fourth-order valence-electron chi connectivity index (χ4n) is 4.23. The Kier molecular flexibility index (Phi) is 7.41. The largest absolute Gasteiger partial charge is 0.480 e. The molecule has 0 aliphatic heterocycles. The van der Waals surface area contributed by atoms with Crippen molar-refractivity contribution in [2.75, 3.05) is 6.61 Å². The molecule has 0 heterocycles. The third-order valence-corrected chi connectivity index (χ3v) is 5.93. The molecule has 0 radical (unpaired) electrons. The number of rotatable bonds is 8. The van der Waals surface area contributed by atoms with Gasteiger partial charge in [-0.2, -0.15) is 0 Å². The summed E-state index contributed by atoms with van der Waals surface area (Å²) in [5.74, 6) is -1.74. The van der Waals surface area contributed by atoms with E-state index < -0.39 is 35.5 Å². The standard InChI is InChI=1S/C26H32N2O5/c1-5-10-21(23(29)28-22(24(30)31)26(2,3)4)27-25(32)33-15-20-18-13-8-6-11-16(18)17-12-7-9-14-19(17)20/h6-9,11-14,20-22H,5,10,15H2,1-4H3,(H,27,32)(H,28,29)(H,30,31)/t21?,22-/m1/s1. The molecule has 176 valence electrons. The van der Waals surface area contributed by atoms with Crippen LogP contribution in [-0.4, -0.2) is 41.8 Å². The third kappa shape index (κ3) is 5.53. The number of carbonyl (C=O) groups is 3. The molecule has 0 aromatic heterocycles. The van der Waals surface area contributed by atoms with E-state index in [1.54, 1.807) is 20.8 Å². The van der Waals surface area contributed by atoms with Crippen LogP contribution in [0.25, 0.3) is 11.1 Å². The summed E-state index contributed by atoms with van der Waals surface area (Å²) in [5, 5.41) is 14.7. The van der Waals surface area contributed by atoms with E-state index in [0.717, 1.165) is 22.3 Å². The first kappa shape index (κ1) is 24.3. The van der Waals surface area contributed by atoms with Crippen molar-refractivity contribution in [3.63, 3.8) is 0 Å². The van der Waals surface area contributed by atoms with Crippen LogP contribution in [0.3, 0.4) is 0 Å². The number of hydrogen-bond acceptors (Lipinski definition) is 4. The number of carbonyl (C=O) groups excluding carboxylic acids is 2. The molecule has 7 heteroatoms. The maximum absolute atomic E-state index is 12.8. The van der Waals surface area contributed by atoms with Crippen molar-refractivity contribution in [1.29, 1.82) is 0 Å². The second-order valence-corrected chi connectivity index (χ2v) is 9.46. The number of carboxylic acid groups (broad SMARTS) is 1. The van der Waals surface area contributed by atoms with Crippen molar-refractivity contribution in [1.82, 2.24) is 10.6 Å².